The maximum absolute atomic E-state index is 13.9. The molecule has 100 valence electrons. The molecule has 0 spiro atoms. The van der Waals surface area contributed by atoms with E-state index >= 15 is 0 Å². The third-order valence-electron chi connectivity index (χ3n) is 2.63. The Bertz CT molecular complexity index is 590. The molecule has 0 fully saturated rings. The van der Waals surface area contributed by atoms with Crippen LogP contribution < -0.4 is 14.8 Å². The quantitative estimate of drug-likeness (QED) is 0.917. The highest BCUT2D eigenvalue weighted by molar-refractivity contribution is 5.69. The van der Waals surface area contributed by atoms with Gasteiger partial charge in [0.2, 0.25) is 5.95 Å². The van der Waals surface area contributed by atoms with Crippen molar-refractivity contribution in [2.75, 3.05) is 26.6 Å². The number of hydrogen-bond acceptors (Lipinski definition) is 5. The summed E-state index contributed by atoms with van der Waals surface area (Å²) in [7, 11) is 4.73. The van der Waals surface area contributed by atoms with Crippen molar-refractivity contribution in [3.05, 3.63) is 30.2 Å². The predicted octanol–water partition coefficient (Wildman–Crippen LogP) is 2.34. The van der Waals surface area contributed by atoms with Crippen molar-refractivity contribution in [2.45, 2.75) is 0 Å². The summed E-state index contributed by atoms with van der Waals surface area (Å²) in [6, 6.07) is 5.09. The molecule has 0 unspecified atom stereocenters. The van der Waals surface area contributed by atoms with Crippen LogP contribution in [0, 0.1) is 5.82 Å². The van der Waals surface area contributed by atoms with Crippen LogP contribution in [-0.4, -0.2) is 31.2 Å². The molecule has 2 aromatic rings. The van der Waals surface area contributed by atoms with Crippen LogP contribution in [0.5, 0.6) is 11.5 Å². The first-order valence-electron chi connectivity index (χ1n) is 5.62. The summed E-state index contributed by atoms with van der Waals surface area (Å²) >= 11 is 0. The van der Waals surface area contributed by atoms with Crippen LogP contribution in [0.25, 0.3) is 11.3 Å². The van der Waals surface area contributed by atoms with Crippen molar-refractivity contribution in [1.82, 2.24) is 9.97 Å². The van der Waals surface area contributed by atoms with Gasteiger partial charge in [-0.1, -0.05) is 0 Å². The number of ether oxygens (including phenoxy) is 2. The highest BCUT2D eigenvalue weighted by atomic mass is 19.1. The monoisotopic (exact) mass is 263 g/mol. The second-order valence-corrected chi connectivity index (χ2v) is 3.71. The molecule has 0 aliphatic rings. The van der Waals surface area contributed by atoms with Crippen molar-refractivity contribution in [3.8, 4) is 22.8 Å². The number of methoxy groups -OCH3 is 2. The zero-order valence-electron chi connectivity index (χ0n) is 10.9. The minimum absolute atomic E-state index is 0.179. The fourth-order valence-corrected chi connectivity index (χ4v) is 1.67. The Hall–Kier alpha value is -2.37. The zero-order valence-corrected chi connectivity index (χ0v) is 10.9. The average molecular weight is 263 g/mol. The Morgan fingerprint density at radius 1 is 1.21 bits per heavy atom. The summed E-state index contributed by atoms with van der Waals surface area (Å²) in [6.45, 7) is 0. The molecule has 1 aromatic heterocycles. The molecule has 0 aliphatic carbocycles. The maximum Gasteiger partial charge on any atom is 0.223 e. The standard InChI is InChI=1S/C13H14FN3O2/c1-15-13-16-7-10(14)12(17-13)9-5-4-8(18-2)6-11(9)19-3/h4-7H,1-3H3,(H,15,16,17). The van der Waals surface area contributed by atoms with Gasteiger partial charge >= 0.3 is 0 Å². The highest BCUT2D eigenvalue weighted by Gasteiger charge is 2.14. The van der Waals surface area contributed by atoms with E-state index in [1.165, 1.54) is 7.11 Å². The highest BCUT2D eigenvalue weighted by Crippen LogP contribution is 2.33. The fraction of sp³-hybridized carbons (Fsp3) is 0.231. The normalized spacial score (nSPS) is 10.1. The molecule has 1 aromatic carbocycles. The van der Waals surface area contributed by atoms with E-state index in [0.29, 0.717) is 23.0 Å². The molecule has 6 heteroatoms. The number of halogens is 1. The predicted molar refractivity (Wildman–Crippen MR) is 70.1 cm³/mol. The molecule has 19 heavy (non-hydrogen) atoms. The molecule has 0 saturated heterocycles. The van der Waals surface area contributed by atoms with Crippen LogP contribution in [0.1, 0.15) is 0 Å². The lowest BCUT2D eigenvalue weighted by atomic mass is 10.1. The van der Waals surface area contributed by atoms with Crippen LogP contribution in [0.2, 0.25) is 0 Å². The van der Waals surface area contributed by atoms with Gasteiger partial charge in [0.25, 0.3) is 0 Å². The molecule has 0 bridgehead atoms. The van der Waals surface area contributed by atoms with Gasteiger partial charge in [-0.15, -0.1) is 0 Å². The van der Waals surface area contributed by atoms with Gasteiger partial charge in [0.05, 0.1) is 20.4 Å². The summed E-state index contributed by atoms with van der Waals surface area (Å²) in [5, 5.41) is 2.77. The number of nitrogens with one attached hydrogen (secondary N) is 1. The van der Waals surface area contributed by atoms with Crippen molar-refractivity contribution in [1.29, 1.82) is 0 Å². The van der Waals surface area contributed by atoms with Gasteiger partial charge in [0, 0.05) is 18.7 Å². The minimum atomic E-state index is -0.512. The third kappa shape index (κ3) is 2.57. The molecule has 2 rings (SSSR count). The van der Waals surface area contributed by atoms with Gasteiger partial charge in [0.15, 0.2) is 5.82 Å². The van der Waals surface area contributed by atoms with Gasteiger partial charge in [-0.05, 0) is 12.1 Å². The molecule has 0 amide bonds. The van der Waals surface area contributed by atoms with Crippen molar-refractivity contribution in [3.63, 3.8) is 0 Å². The molecule has 0 atom stereocenters. The molecule has 0 radical (unpaired) electrons. The lowest BCUT2D eigenvalue weighted by Gasteiger charge is -2.11. The smallest absolute Gasteiger partial charge is 0.223 e. The van der Waals surface area contributed by atoms with Gasteiger partial charge in [-0.25, -0.2) is 14.4 Å². The summed E-state index contributed by atoms with van der Waals surface area (Å²) in [4.78, 5) is 7.92. The van der Waals surface area contributed by atoms with E-state index in [0.717, 1.165) is 6.20 Å². The van der Waals surface area contributed by atoms with E-state index in [-0.39, 0.29) is 5.69 Å². The topological polar surface area (TPSA) is 56.3 Å². The molecule has 1 N–H and O–H groups in total. The Labute approximate surface area is 110 Å². The Morgan fingerprint density at radius 2 is 2.00 bits per heavy atom. The second-order valence-electron chi connectivity index (χ2n) is 3.71. The van der Waals surface area contributed by atoms with Crippen molar-refractivity contribution in [2.24, 2.45) is 0 Å². The first-order valence-corrected chi connectivity index (χ1v) is 5.62. The summed E-state index contributed by atoms with van der Waals surface area (Å²) in [5.41, 5.74) is 0.721. The Morgan fingerprint density at radius 3 is 2.63 bits per heavy atom. The van der Waals surface area contributed by atoms with E-state index in [1.54, 1.807) is 32.4 Å². The molecular formula is C13H14FN3O2. The Kier molecular flexibility index (Phi) is 3.79. The molecule has 0 aliphatic heterocycles. The van der Waals surface area contributed by atoms with Crippen LogP contribution in [-0.2, 0) is 0 Å². The van der Waals surface area contributed by atoms with Gasteiger partial charge in [-0.3, -0.25) is 0 Å². The van der Waals surface area contributed by atoms with Crippen LogP contribution in [0.15, 0.2) is 24.4 Å². The van der Waals surface area contributed by atoms with E-state index in [4.69, 9.17) is 9.47 Å². The lowest BCUT2D eigenvalue weighted by Crippen LogP contribution is -2.01. The molecule has 1 heterocycles. The van der Waals surface area contributed by atoms with E-state index in [9.17, 15) is 4.39 Å². The van der Waals surface area contributed by atoms with Gasteiger partial charge in [0.1, 0.15) is 17.2 Å². The number of hydrogen-bond donors (Lipinski definition) is 1. The Balaban J connectivity index is 2.57. The van der Waals surface area contributed by atoms with Crippen LogP contribution in [0.3, 0.4) is 0 Å². The average Bonchev–Trinajstić information content (AvgIpc) is 2.47. The van der Waals surface area contributed by atoms with Crippen LogP contribution >= 0.6 is 0 Å². The van der Waals surface area contributed by atoms with E-state index < -0.39 is 5.82 Å². The summed E-state index contributed by atoms with van der Waals surface area (Å²) in [5.74, 6) is 0.944. The first kappa shape index (κ1) is 13.1. The number of nitrogens with zero attached hydrogens (tertiary/aromatic N) is 2. The zero-order chi connectivity index (χ0) is 13.8. The van der Waals surface area contributed by atoms with Gasteiger partial charge in [-0.2, -0.15) is 0 Å². The van der Waals surface area contributed by atoms with E-state index in [1.807, 2.05) is 0 Å². The number of rotatable bonds is 4. The van der Waals surface area contributed by atoms with E-state index in [2.05, 4.69) is 15.3 Å². The molecule has 0 saturated carbocycles. The molecular weight excluding hydrogens is 249 g/mol. The van der Waals surface area contributed by atoms with Gasteiger partial charge < -0.3 is 14.8 Å². The first-order chi connectivity index (χ1) is 9.19. The third-order valence-corrected chi connectivity index (χ3v) is 2.63. The number of benzene rings is 1. The van der Waals surface area contributed by atoms with Crippen molar-refractivity contribution >= 4 is 5.95 Å². The maximum atomic E-state index is 13.9. The summed E-state index contributed by atoms with van der Waals surface area (Å²) in [6.07, 6.45) is 1.12. The SMILES string of the molecule is CNc1ncc(F)c(-c2ccc(OC)cc2OC)n1. The number of anilines is 1. The van der Waals surface area contributed by atoms with Crippen LogP contribution in [0.4, 0.5) is 10.3 Å². The lowest BCUT2D eigenvalue weighted by molar-refractivity contribution is 0.395. The summed E-state index contributed by atoms with van der Waals surface area (Å²) < 4.78 is 24.2. The fourth-order valence-electron chi connectivity index (χ4n) is 1.67. The largest absolute Gasteiger partial charge is 0.497 e. The minimum Gasteiger partial charge on any atom is -0.497 e. The second kappa shape index (κ2) is 5.51. The number of aromatic nitrogens is 2. The molecule has 5 nitrogen and oxygen atoms in total. The van der Waals surface area contributed by atoms with Crippen molar-refractivity contribution < 1.29 is 13.9 Å².